The molecule has 0 saturated carbocycles. The van der Waals surface area contributed by atoms with Crippen LogP contribution in [-0.2, 0) is 10.5 Å². The molecule has 0 fully saturated rings. The standard InChI is InChI=1S/C10H9FOS/c11-10(6-12)8-13-7-9-4-2-1-3-5-9/h1-6,8H,7H2/b10-8-. The Morgan fingerprint density at radius 2 is 2.08 bits per heavy atom. The summed E-state index contributed by atoms with van der Waals surface area (Å²) in [5, 5.41) is 1.22. The molecule has 1 aromatic rings. The predicted molar refractivity (Wildman–Crippen MR) is 53.0 cm³/mol. The van der Waals surface area contributed by atoms with Crippen molar-refractivity contribution >= 4 is 18.0 Å². The molecule has 0 unspecified atom stereocenters. The lowest BCUT2D eigenvalue weighted by molar-refractivity contribution is -0.106. The fourth-order valence-corrected chi connectivity index (χ4v) is 1.50. The van der Waals surface area contributed by atoms with Crippen LogP contribution in [0.1, 0.15) is 5.56 Å². The van der Waals surface area contributed by atoms with Crippen LogP contribution in [0.4, 0.5) is 4.39 Å². The second kappa shape index (κ2) is 5.54. The van der Waals surface area contributed by atoms with Gasteiger partial charge in [-0.05, 0) is 5.56 Å². The minimum atomic E-state index is -0.721. The van der Waals surface area contributed by atoms with Gasteiger partial charge in [-0.2, -0.15) is 0 Å². The maximum atomic E-state index is 12.3. The SMILES string of the molecule is O=C/C(F)=C/SCc1ccccc1. The smallest absolute Gasteiger partial charge is 0.178 e. The van der Waals surface area contributed by atoms with Crippen molar-refractivity contribution in [2.75, 3.05) is 0 Å². The second-order valence-electron chi connectivity index (χ2n) is 2.42. The van der Waals surface area contributed by atoms with Crippen LogP contribution >= 0.6 is 11.8 Å². The summed E-state index contributed by atoms with van der Waals surface area (Å²) in [5.41, 5.74) is 1.11. The third kappa shape index (κ3) is 3.90. The third-order valence-corrected chi connectivity index (χ3v) is 2.29. The molecule has 13 heavy (non-hydrogen) atoms. The first-order chi connectivity index (χ1) is 6.33. The van der Waals surface area contributed by atoms with Crippen molar-refractivity contribution in [1.29, 1.82) is 0 Å². The van der Waals surface area contributed by atoms with Crippen molar-refractivity contribution in [2.45, 2.75) is 5.75 Å². The summed E-state index contributed by atoms with van der Waals surface area (Å²) in [5.74, 6) is -0.0387. The Morgan fingerprint density at radius 3 is 2.69 bits per heavy atom. The molecule has 0 N–H and O–H groups in total. The van der Waals surface area contributed by atoms with E-state index in [1.165, 1.54) is 17.2 Å². The molecule has 0 bridgehead atoms. The summed E-state index contributed by atoms with van der Waals surface area (Å²) in [7, 11) is 0. The Hall–Kier alpha value is -1.09. The molecule has 1 nitrogen and oxygen atoms in total. The molecule has 0 saturated heterocycles. The Balaban J connectivity index is 2.40. The number of hydrogen-bond donors (Lipinski definition) is 0. The van der Waals surface area contributed by atoms with E-state index in [1.54, 1.807) is 0 Å². The highest BCUT2D eigenvalue weighted by molar-refractivity contribution is 8.01. The number of halogens is 1. The van der Waals surface area contributed by atoms with Gasteiger partial charge in [-0.3, -0.25) is 4.79 Å². The van der Waals surface area contributed by atoms with Gasteiger partial charge in [0.25, 0.3) is 0 Å². The first kappa shape index (κ1) is 9.99. The van der Waals surface area contributed by atoms with Crippen molar-refractivity contribution < 1.29 is 9.18 Å². The zero-order valence-electron chi connectivity index (χ0n) is 6.94. The number of benzene rings is 1. The van der Waals surface area contributed by atoms with Gasteiger partial charge in [0, 0.05) is 11.2 Å². The molecule has 0 aromatic heterocycles. The summed E-state index contributed by atoms with van der Waals surface area (Å²) in [6.45, 7) is 0. The van der Waals surface area contributed by atoms with Crippen molar-refractivity contribution in [3.63, 3.8) is 0 Å². The Bertz CT molecular complexity index is 295. The van der Waals surface area contributed by atoms with E-state index >= 15 is 0 Å². The van der Waals surface area contributed by atoms with Crippen LogP contribution in [0.3, 0.4) is 0 Å². The summed E-state index contributed by atoms with van der Waals surface area (Å²) in [6, 6.07) is 9.70. The summed E-state index contributed by atoms with van der Waals surface area (Å²) in [6.07, 6.45) is 0.206. The normalized spacial score (nSPS) is 11.3. The molecule has 0 aliphatic rings. The lowest BCUT2D eigenvalue weighted by atomic mass is 10.2. The average molecular weight is 196 g/mol. The fourth-order valence-electron chi connectivity index (χ4n) is 0.820. The number of allylic oxidation sites excluding steroid dienone is 1. The van der Waals surface area contributed by atoms with Crippen molar-refractivity contribution in [3.05, 3.63) is 47.1 Å². The summed E-state index contributed by atoms with van der Waals surface area (Å²) >= 11 is 1.27. The first-order valence-corrected chi connectivity index (χ1v) is 4.84. The molecule has 0 aliphatic carbocycles. The minimum Gasteiger partial charge on any atom is -0.295 e. The molecule has 68 valence electrons. The van der Waals surface area contributed by atoms with E-state index in [0.717, 1.165) is 5.56 Å². The van der Waals surface area contributed by atoms with E-state index in [1.807, 2.05) is 30.3 Å². The molecule has 0 atom stereocenters. The fraction of sp³-hybridized carbons (Fsp3) is 0.100. The molecule has 0 aliphatic heterocycles. The number of rotatable bonds is 4. The predicted octanol–water partition coefficient (Wildman–Crippen LogP) is 2.93. The van der Waals surface area contributed by atoms with Gasteiger partial charge in [0.1, 0.15) is 0 Å². The topological polar surface area (TPSA) is 17.1 Å². The van der Waals surface area contributed by atoms with Gasteiger partial charge >= 0.3 is 0 Å². The number of carbonyl (C=O) groups excluding carboxylic acids is 1. The first-order valence-electron chi connectivity index (χ1n) is 3.79. The van der Waals surface area contributed by atoms with E-state index in [4.69, 9.17) is 0 Å². The Kier molecular flexibility index (Phi) is 4.26. The maximum absolute atomic E-state index is 12.3. The van der Waals surface area contributed by atoms with E-state index < -0.39 is 5.83 Å². The van der Waals surface area contributed by atoms with Crippen molar-refractivity contribution in [1.82, 2.24) is 0 Å². The van der Waals surface area contributed by atoms with Crippen LogP contribution < -0.4 is 0 Å². The highest BCUT2D eigenvalue weighted by Gasteiger charge is 1.92. The third-order valence-electron chi connectivity index (χ3n) is 1.40. The largest absolute Gasteiger partial charge is 0.295 e. The minimum absolute atomic E-state index is 0.206. The Morgan fingerprint density at radius 1 is 1.38 bits per heavy atom. The van der Waals surface area contributed by atoms with Gasteiger partial charge < -0.3 is 0 Å². The molecular formula is C10H9FOS. The molecule has 0 radical (unpaired) electrons. The lowest BCUT2D eigenvalue weighted by Gasteiger charge is -1.95. The zero-order chi connectivity index (χ0) is 9.52. The molecule has 3 heteroatoms. The average Bonchev–Trinajstić information content (AvgIpc) is 2.19. The van der Waals surface area contributed by atoms with Crippen molar-refractivity contribution in [3.8, 4) is 0 Å². The lowest BCUT2D eigenvalue weighted by Crippen LogP contribution is -1.77. The van der Waals surface area contributed by atoms with Gasteiger partial charge in [0.05, 0.1) is 0 Å². The van der Waals surface area contributed by atoms with Crippen LogP contribution in [-0.4, -0.2) is 6.29 Å². The number of hydrogen-bond acceptors (Lipinski definition) is 2. The van der Waals surface area contributed by atoms with Crippen LogP contribution in [0.2, 0.25) is 0 Å². The van der Waals surface area contributed by atoms with Gasteiger partial charge in [-0.1, -0.05) is 30.3 Å². The number of aldehydes is 1. The van der Waals surface area contributed by atoms with Crippen LogP contribution in [0, 0.1) is 0 Å². The van der Waals surface area contributed by atoms with Gasteiger partial charge in [0.2, 0.25) is 0 Å². The van der Waals surface area contributed by atoms with Gasteiger partial charge in [-0.15, -0.1) is 11.8 Å². The second-order valence-corrected chi connectivity index (χ2v) is 3.27. The van der Waals surface area contributed by atoms with Crippen molar-refractivity contribution in [2.24, 2.45) is 0 Å². The Labute approximate surface area is 80.7 Å². The molecule has 1 aromatic carbocycles. The molecule has 0 amide bonds. The molecule has 0 spiro atoms. The van der Waals surface area contributed by atoms with Gasteiger partial charge in [0.15, 0.2) is 12.1 Å². The summed E-state index contributed by atoms with van der Waals surface area (Å²) < 4.78 is 12.3. The number of thioether (sulfide) groups is 1. The van der Waals surface area contributed by atoms with E-state index in [2.05, 4.69) is 0 Å². The monoisotopic (exact) mass is 196 g/mol. The van der Waals surface area contributed by atoms with Gasteiger partial charge in [-0.25, -0.2) is 4.39 Å². The van der Waals surface area contributed by atoms with E-state index in [0.29, 0.717) is 5.75 Å². The zero-order valence-corrected chi connectivity index (χ0v) is 7.76. The molecule has 0 heterocycles. The van der Waals surface area contributed by atoms with Crippen LogP contribution in [0.25, 0.3) is 0 Å². The van der Waals surface area contributed by atoms with E-state index in [-0.39, 0.29) is 6.29 Å². The van der Waals surface area contributed by atoms with Crippen LogP contribution in [0.15, 0.2) is 41.6 Å². The molecular weight excluding hydrogens is 187 g/mol. The highest BCUT2D eigenvalue weighted by atomic mass is 32.2. The molecule has 1 rings (SSSR count). The highest BCUT2D eigenvalue weighted by Crippen LogP contribution is 2.14. The maximum Gasteiger partial charge on any atom is 0.178 e. The quantitative estimate of drug-likeness (QED) is 0.544. The number of carbonyl (C=O) groups is 1. The van der Waals surface area contributed by atoms with Crippen LogP contribution in [0.5, 0.6) is 0 Å². The van der Waals surface area contributed by atoms with E-state index in [9.17, 15) is 9.18 Å². The summed E-state index contributed by atoms with van der Waals surface area (Å²) in [4.78, 5) is 9.89.